The summed E-state index contributed by atoms with van der Waals surface area (Å²) in [5.41, 5.74) is 1.98. The monoisotopic (exact) mass is 565 g/mol. The SMILES string of the molecule is CCCCc1nc(Cl)c(C(=O)OC)n1Cc1ccc(-c2ccccc2)c(S(=O)(=O)NC(=O)c2ccccc2)c1. The van der Waals surface area contributed by atoms with E-state index in [4.69, 9.17) is 16.3 Å². The highest BCUT2D eigenvalue weighted by molar-refractivity contribution is 7.90. The summed E-state index contributed by atoms with van der Waals surface area (Å²) in [6, 6.07) is 22.1. The van der Waals surface area contributed by atoms with Crippen LogP contribution >= 0.6 is 11.6 Å². The van der Waals surface area contributed by atoms with Gasteiger partial charge in [-0.2, -0.15) is 0 Å². The minimum atomic E-state index is -4.29. The molecule has 0 unspecified atom stereocenters. The number of unbranched alkanes of at least 4 members (excludes halogenated alkanes) is 1. The van der Waals surface area contributed by atoms with Crippen LogP contribution in [-0.2, 0) is 27.7 Å². The van der Waals surface area contributed by atoms with Gasteiger partial charge in [0.15, 0.2) is 10.8 Å². The minimum Gasteiger partial charge on any atom is -0.464 e. The van der Waals surface area contributed by atoms with Gasteiger partial charge < -0.3 is 9.30 Å². The molecule has 0 saturated heterocycles. The molecule has 0 saturated carbocycles. The number of halogens is 1. The molecule has 4 rings (SSSR count). The van der Waals surface area contributed by atoms with Gasteiger partial charge in [-0.3, -0.25) is 4.79 Å². The van der Waals surface area contributed by atoms with E-state index in [2.05, 4.69) is 9.71 Å². The van der Waals surface area contributed by atoms with E-state index in [-0.39, 0.29) is 27.9 Å². The first kappa shape index (κ1) is 28.1. The first-order valence-corrected chi connectivity index (χ1v) is 14.2. The number of methoxy groups -OCH3 is 1. The number of nitrogens with zero attached hydrogens (tertiary/aromatic N) is 2. The lowest BCUT2D eigenvalue weighted by atomic mass is 10.0. The molecule has 0 aliphatic heterocycles. The molecule has 0 atom stereocenters. The average Bonchev–Trinajstić information content (AvgIpc) is 3.26. The van der Waals surface area contributed by atoms with E-state index in [1.165, 1.54) is 25.3 Å². The Balaban J connectivity index is 1.80. The van der Waals surface area contributed by atoms with Gasteiger partial charge in [0.2, 0.25) is 0 Å². The predicted molar refractivity (Wildman–Crippen MR) is 149 cm³/mol. The number of ether oxygens (including phenoxy) is 1. The smallest absolute Gasteiger partial charge is 0.357 e. The van der Waals surface area contributed by atoms with Crippen LogP contribution in [0.25, 0.3) is 11.1 Å². The van der Waals surface area contributed by atoms with Crippen molar-refractivity contribution >= 4 is 33.5 Å². The van der Waals surface area contributed by atoms with Crippen molar-refractivity contribution in [3.8, 4) is 11.1 Å². The number of carbonyl (C=O) groups is 2. The largest absolute Gasteiger partial charge is 0.464 e. The number of nitrogens with one attached hydrogen (secondary N) is 1. The van der Waals surface area contributed by atoms with Crippen LogP contribution in [0.15, 0.2) is 83.8 Å². The Morgan fingerprint density at radius 2 is 1.67 bits per heavy atom. The molecule has 0 bridgehead atoms. The Morgan fingerprint density at radius 3 is 2.31 bits per heavy atom. The number of hydrogen-bond donors (Lipinski definition) is 1. The molecule has 8 nitrogen and oxygen atoms in total. The fraction of sp³-hybridized carbons (Fsp3) is 0.207. The van der Waals surface area contributed by atoms with Crippen molar-refractivity contribution in [2.75, 3.05) is 7.11 Å². The molecule has 0 aliphatic rings. The van der Waals surface area contributed by atoms with Crippen molar-refractivity contribution in [1.82, 2.24) is 14.3 Å². The number of amides is 1. The van der Waals surface area contributed by atoms with Gasteiger partial charge in [-0.05, 0) is 35.7 Å². The standard InChI is InChI=1S/C29H28ClN3O5S/c1-3-4-15-25-31-27(30)26(29(35)38-2)33(25)19-20-16-17-23(21-11-7-5-8-12-21)24(18-20)39(36,37)32-28(34)22-13-9-6-10-14-22/h5-14,16-18H,3-4,15,19H2,1-2H3,(H,32,34). The molecule has 1 heterocycles. The summed E-state index contributed by atoms with van der Waals surface area (Å²) in [6.45, 7) is 2.16. The fourth-order valence-electron chi connectivity index (χ4n) is 4.21. The summed E-state index contributed by atoms with van der Waals surface area (Å²) in [4.78, 5) is 29.6. The summed E-state index contributed by atoms with van der Waals surface area (Å²) < 4.78 is 36.0. The highest BCUT2D eigenvalue weighted by atomic mass is 35.5. The topological polar surface area (TPSA) is 107 Å². The zero-order valence-electron chi connectivity index (χ0n) is 21.6. The van der Waals surface area contributed by atoms with Crippen molar-refractivity contribution in [2.24, 2.45) is 0 Å². The molecule has 202 valence electrons. The molecule has 1 aromatic heterocycles. The van der Waals surface area contributed by atoms with Crippen molar-refractivity contribution in [3.63, 3.8) is 0 Å². The Kier molecular flexibility index (Phi) is 8.83. The van der Waals surface area contributed by atoms with Crippen LogP contribution in [0.2, 0.25) is 5.15 Å². The van der Waals surface area contributed by atoms with Crippen molar-refractivity contribution in [1.29, 1.82) is 0 Å². The second-order valence-electron chi connectivity index (χ2n) is 8.85. The van der Waals surface area contributed by atoms with Gasteiger partial charge in [-0.1, -0.05) is 85.6 Å². The molecular formula is C29H28ClN3O5S. The van der Waals surface area contributed by atoms with Gasteiger partial charge in [0.05, 0.1) is 12.0 Å². The second-order valence-corrected chi connectivity index (χ2v) is 10.9. The minimum absolute atomic E-state index is 0.0248. The number of benzene rings is 3. The molecule has 1 N–H and O–H groups in total. The maximum absolute atomic E-state index is 13.6. The molecule has 3 aromatic carbocycles. The third-order valence-corrected chi connectivity index (χ3v) is 7.80. The normalized spacial score (nSPS) is 11.3. The molecule has 0 fully saturated rings. The van der Waals surface area contributed by atoms with Crippen molar-refractivity contribution in [2.45, 2.75) is 37.6 Å². The highest BCUT2D eigenvalue weighted by Crippen LogP contribution is 2.30. The first-order chi connectivity index (χ1) is 18.7. The van der Waals surface area contributed by atoms with Gasteiger partial charge in [-0.25, -0.2) is 22.9 Å². The first-order valence-electron chi connectivity index (χ1n) is 12.4. The fourth-order valence-corrected chi connectivity index (χ4v) is 5.74. The lowest BCUT2D eigenvalue weighted by molar-refractivity contribution is 0.0588. The Bertz CT molecular complexity index is 1590. The maximum Gasteiger partial charge on any atom is 0.357 e. The summed E-state index contributed by atoms with van der Waals surface area (Å²) in [6.07, 6.45) is 2.31. The van der Waals surface area contributed by atoms with Crippen molar-refractivity contribution < 1.29 is 22.7 Å². The van der Waals surface area contributed by atoms with E-state index in [1.54, 1.807) is 59.2 Å². The van der Waals surface area contributed by atoms with Crippen LogP contribution in [0.1, 0.15) is 52.0 Å². The van der Waals surface area contributed by atoms with E-state index in [0.717, 1.165) is 12.8 Å². The third kappa shape index (κ3) is 6.38. The van der Waals surface area contributed by atoms with Gasteiger partial charge >= 0.3 is 5.97 Å². The Morgan fingerprint density at radius 1 is 1.00 bits per heavy atom. The molecule has 0 radical (unpaired) electrons. The van der Waals surface area contributed by atoms with E-state index in [0.29, 0.717) is 28.9 Å². The number of sulfonamides is 1. The molecule has 0 spiro atoms. The van der Waals surface area contributed by atoms with Gasteiger partial charge in [0, 0.05) is 24.1 Å². The number of imidazole rings is 1. The lowest BCUT2D eigenvalue weighted by Gasteiger charge is -2.16. The van der Waals surface area contributed by atoms with E-state index >= 15 is 0 Å². The van der Waals surface area contributed by atoms with E-state index in [9.17, 15) is 18.0 Å². The number of aryl methyl sites for hydroxylation is 1. The third-order valence-electron chi connectivity index (χ3n) is 6.16. The zero-order chi connectivity index (χ0) is 28.0. The highest BCUT2D eigenvalue weighted by Gasteiger charge is 2.26. The lowest BCUT2D eigenvalue weighted by Crippen LogP contribution is -2.31. The number of carbonyl (C=O) groups excluding carboxylic acids is 2. The Labute approximate surface area is 232 Å². The Hall–Kier alpha value is -3.95. The second kappa shape index (κ2) is 12.3. The molecule has 0 aliphatic carbocycles. The molecular weight excluding hydrogens is 538 g/mol. The average molecular weight is 566 g/mol. The van der Waals surface area contributed by atoms with Crippen LogP contribution in [0.3, 0.4) is 0 Å². The quantitative estimate of drug-likeness (QED) is 0.254. The number of esters is 1. The number of rotatable bonds is 10. The molecule has 10 heteroatoms. The zero-order valence-corrected chi connectivity index (χ0v) is 23.1. The van der Waals surface area contributed by atoms with Gasteiger partial charge in [0.25, 0.3) is 15.9 Å². The van der Waals surface area contributed by atoms with Gasteiger partial charge in [0.1, 0.15) is 5.82 Å². The van der Waals surface area contributed by atoms with E-state index in [1.807, 2.05) is 13.0 Å². The molecule has 1 amide bonds. The van der Waals surface area contributed by atoms with Crippen LogP contribution in [0.5, 0.6) is 0 Å². The summed E-state index contributed by atoms with van der Waals surface area (Å²) in [5.74, 6) is -0.786. The summed E-state index contributed by atoms with van der Waals surface area (Å²) in [7, 11) is -3.03. The number of hydrogen-bond acceptors (Lipinski definition) is 6. The van der Waals surface area contributed by atoms with Crippen molar-refractivity contribution in [3.05, 3.63) is 107 Å². The molecule has 39 heavy (non-hydrogen) atoms. The summed E-state index contributed by atoms with van der Waals surface area (Å²) in [5, 5.41) is 0.0248. The predicted octanol–water partition coefficient (Wildman–Crippen LogP) is 5.50. The molecule has 4 aromatic rings. The van der Waals surface area contributed by atoms with E-state index < -0.39 is 21.9 Å². The van der Waals surface area contributed by atoms with Gasteiger partial charge in [-0.15, -0.1) is 0 Å². The van der Waals surface area contributed by atoms with Crippen LogP contribution in [-0.4, -0.2) is 37.0 Å². The summed E-state index contributed by atoms with van der Waals surface area (Å²) >= 11 is 6.32. The maximum atomic E-state index is 13.6. The number of aromatic nitrogens is 2. The van der Waals surface area contributed by atoms with Crippen LogP contribution in [0.4, 0.5) is 0 Å². The van der Waals surface area contributed by atoms with Crippen LogP contribution in [0, 0.1) is 0 Å². The van der Waals surface area contributed by atoms with Crippen LogP contribution < -0.4 is 4.72 Å².